The summed E-state index contributed by atoms with van der Waals surface area (Å²) < 4.78 is 13.5. The predicted octanol–water partition coefficient (Wildman–Crippen LogP) is 6.26. The number of unbranched alkanes of at least 4 members (excludes halogenated alkanes) is 5. The van der Waals surface area contributed by atoms with E-state index in [9.17, 15) is 5.11 Å². The third-order valence-electron chi connectivity index (χ3n) is 8.82. The van der Waals surface area contributed by atoms with Crippen molar-refractivity contribution in [3.05, 3.63) is 157 Å². The van der Waals surface area contributed by atoms with Gasteiger partial charge in [-0.2, -0.15) is 0 Å². The molecule has 1 N–H and O–H groups in total. The quantitative estimate of drug-likeness (QED) is 0.0940. The fourth-order valence-corrected chi connectivity index (χ4v) is 6.15. The number of aromatic hydroxyl groups is 1. The molecule has 6 aromatic rings. The largest absolute Gasteiger partial charge is 0.508 e. The van der Waals surface area contributed by atoms with E-state index >= 15 is 0 Å². The van der Waals surface area contributed by atoms with Crippen LogP contribution in [0.1, 0.15) is 73.3 Å². The van der Waals surface area contributed by atoms with Crippen molar-refractivity contribution in [1.82, 2.24) is 13.7 Å². The van der Waals surface area contributed by atoms with E-state index < -0.39 is 0 Å². The van der Waals surface area contributed by atoms with Crippen LogP contribution in [-0.4, -0.2) is 18.8 Å². The Morgan fingerprint density at radius 2 is 0.851 bits per heavy atom. The number of aromatic nitrogens is 6. The summed E-state index contributed by atoms with van der Waals surface area (Å²) in [6.07, 6.45) is 27.5. The highest BCUT2D eigenvalue weighted by Crippen LogP contribution is 2.11. The molecule has 0 aliphatic carbocycles. The van der Waals surface area contributed by atoms with E-state index in [4.69, 9.17) is 0 Å². The number of nitrogens with zero attached hydrogens (tertiary/aromatic N) is 6. The maximum atomic E-state index is 9.51. The van der Waals surface area contributed by atoms with E-state index in [1.807, 2.05) is 12.1 Å². The van der Waals surface area contributed by atoms with Gasteiger partial charge in [-0.1, -0.05) is 93.3 Å². The highest BCUT2D eigenvalue weighted by atomic mass is 16.3. The van der Waals surface area contributed by atoms with Crippen LogP contribution in [0, 0.1) is 0 Å². The molecular formula is C40H49N6O+3. The molecule has 0 saturated carbocycles. The van der Waals surface area contributed by atoms with Gasteiger partial charge in [-0.05, 0) is 52.8 Å². The van der Waals surface area contributed by atoms with Crippen molar-refractivity contribution < 1.29 is 18.8 Å². The van der Waals surface area contributed by atoms with E-state index in [2.05, 4.69) is 139 Å². The van der Waals surface area contributed by atoms with Crippen molar-refractivity contribution in [3.8, 4) is 5.75 Å². The summed E-state index contributed by atoms with van der Waals surface area (Å²) in [7, 11) is 0. The zero-order valence-corrected chi connectivity index (χ0v) is 27.7. The second kappa shape index (κ2) is 16.1. The molecule has 6 rings (SSSR count). The molecule has 0 unspecified atom stereocenters. The number of rotatable bonds is 17. The third-order valence-corrected chi connectivity index (χ3v) is 8.82. The van der Waals surface area contributed by atoms with Crippen molar-refractivity contribution in [2.75, 3.05) is 0 Å². The van der Waals surface area contributed by atoms with Crippen LogP contribution >= 0.6 is 0 Å². The summed E-state index contributed by atoms with van der Waals surface area (Å²) in [5.41, 5.74) is 6.35. The molecule has 242 valence electrons. The number of phenols is 1. The molecule has 7 heteroatoms. The van der Waals surface area contributed by atoms with Crippen LogP contribution < -0.4 is 13.7 Å². The predicted molar refractivity (Wildman–Crippen MR) is 184 cm³/mol. The van der Waals surface area contributed by atoms with Gasteiger partial charge in [0.05, 0.1) is 6.54 Å². The first-order chi connectivity index (χ1) is 23.1. The molecule has 0 radical (unpaired) electrons. The molecule has 0 aliphatic rings. The Labute approximate surface area is 279 Å². The van der Waals surface area contributed by atoms with Gasteiger partial charge in [0, 0.05) is 0 Å². The van der Waals surface area contributed by atoms with E-state index in [1.54, 1.807) is 12.1 Å². The van der Waals surface area contributed by atoms with Crippen LogP contribution in [0.4, 0.5) is 0 Å². The molecule has 3 aromatic heterocycles. The fourth-order valence-electron chi connectivity index (χ4n) is 6.15. The minimum Gasteiger partial charge on any atom is -0.508 e. The summed E-state index contributed by atoms with van der Waals surface area (Å²) in [6, 6.07) is 25.3. The Morgan fingerprint density at radius 3 is 1.34 bits per heavy atom. The average molecular weight is 630 g/mol. The number of hydrogen-bond acceptors (Lipinski definition) is 1. The first-order valence-corrected chi connectivity index (χ1v) is 17.2. The lowest BCUT2D eigenvalue weighted by atomic mass is 10.1. The lowest BCUT2D eigenvalue weighted by Crippen LogP contribution is -2.32. The summed E-state index contributed by atoms with van der Waals surface area (Å²) in [5, 5.41) is 9.51. The molecule has 0 aliphatic heterocycles. The van der Waals surface area contributed by atoms with E-state index in [1.165, 1.54) is 60.8 Å². The number of imidazole rings is 3. The average Bonchev–Trinajstić information content (AvgIpc) is 3.84. The summed E-state index contributed by atoms with van der Waals surface area (Å²) in [5.74, 6) is 0.298. The molecule has 0 atom stereocenters. The standard InChI is InChI=1S/C40H48N6O/c1-2-3-4-5-6-7-20-41-21-22-42(32-41)27-35-8-10-36(11-9-35)28-43-23-24-44(33-43)29-37-12-14-38(15-13-37)30-45-25-26-46(34-45)31-39-16-18-40(47)19-17-39/h8-19,21-26,32-34H,2-7,20,27-31H2,1H3/q+2/p+1. The van der Waals surface area contributed by atoms with Gasteiger partial charge in [0.15, 0.2) is 0 Å². The molecule has 7 nitrogen and oxygen atoms in total. The Morgan fingerprint density at radius 1 is 0.468 bits per heavy atom. The normalized spacial score (nSPS) is 11.3. The third kappa shape index (κ3) is 9.79. The summed E-state index contributed by atoms with van der Waals surface area (Å²) in [4.78, 5) is 0. The zero-order valence-electron chi connectivity index (χ0n) is 27.7. The van der Waals surface area contributed by atoms with Crippen molar-refractivity contribution in [3.63, 3.8) is 0 Å². The van der Waals surface area contributed by atoms with Crippen molar-refractivity contribution >= 4 is 0 Å². The SMILES string of the molecule is CCCCCCCCn1cc[n+](Cc2ccc(C[n+]3ccn(Cc4ccc(Cn5cc[n+](Cc6ccc(O)cc6)c5)cc4)c3)cc2)c1. The highest BCUT2D eigenvalue weighted by molar-refractivity contribution is 5.25. The van der Waals surface area contributed by atoms with Crippen molar-refractivity contribution in [2.24, 2.45) is 0 Å². The number of benzene rings is 3. The van der Waals surface area contributed by atoms with Gasteiger partial charge < -0.3 is 5.11 Å². The van der Waals surface area contributed by atoms with Crippen LogP contribution in [0.3, 0.4) is 0 Å². The number of aryl methyl sites for hydroxylation is 1. The van der Waals surface area contributed by atoms with Crippen molar-refractivity contribution in [2.45, 2.75) is 84.7 Å². The topological polar surface area (TPSA) is 46.7 Å². The van der Waals surface area contributed by atoms with Crippen LogP contribution in [-0.2, 0) is 39.3 Å². The molecule has 0 bridgehead atoms. The van der Waals surface area contributed by atoms with E-state index in [0.29, 0.717) is 5.75 Å². The summed E-state index contributed by atoms with van der Waals surface area (Å²) in [6.45, 7) is 7.60. The van der Waals surface area contributed by atoms with Gasteiger partial charge in [-0.15, -0.1) is 0 Å². The van der Waals surface area contributed by atoms with Crippen LogP contribution in [0.25, 0.3) is 0 Å². The maximum Gasteiger partial charge on any atom is 0.244 e. The minimum atomic E-state index is 0.298. The second-order valence-corrected chi connectivity index (χ2v) is 12.9. The van der Waals surface area contributed by atoms with E-state index in [-0.39, 0.29) is 0 Å². The monoisotopic (exact) mass is 629 g/mol. The molecule has 47 heavy (non-hydrogen) atoms. The molecule has 0 amide bonds. The highest BCUT2D eigenvalue weighted by Gasteiger charge is 2.10. The number of phenolic OH excluding ortho intramolecular Hbond substituents is 1. The molecule has 0 saturated heterocycles. The first kappa shape index (κ1) is 32.0. The Bertz CT molecular complexity index is 1790. The van der Waals surface area contributed by atoms with Crippen LogP contribution in [0.5, 0.6) is 5.75 Å². The second-order valence-electron chi connectivity index (χ2n) is 12.9. The molecular weight excluding hydrogens is 580 g/mol. The van der Waals surface area contributed by atoms with Gasteiger partial charge >= 0.3 is 0 Å². The Balaban J connectivity index is 0.940. The van der Waals surface area contributed by atoms with Gasteiger partial charge in [-0.3, -0.25) is 0 Å². The zero-order chi connectivity index (χ0) is 32.3. The molecule has 3 aromatic carbocycles. The Hall–Kier alpha value is -4.91. The molecule has 0 spiro atoms. The smallest absolute Gasteiger partial charge is 0.244 e. The van der Waals surface area contributed by atoms with Gasteiger partial charge in [0.2, 0.25) is 19.0 Å². The number of hydrogen-bond donors (Lipinski definition) is 1. The minimum absolute atomic E-state index is 0.298. The van der Waals surface area contributed by atoms with Gasteiger partial charge in [0.25, 0.3) is 0 Å². The Kier molecular flexibility index (Phi) is 11.0. The first-order valence-electron chi connectivity index (χ1n) is 17.2. The van der Waals surface area contributed by atoms with Gasteiger partial charge in [0.1, 0.15) is 75.7 Å². The maximum absolute atomic E-state index is 9.51. The van der Waals surface area contributed by atoms with Crippen molar-refractivity contribution in [1.29, 1.82) is 0 Å². The van der Waals surface area contributed by atoms with Crippen LogP contribution in [0.15, 0.2) is 129 Å². The van der Waals surface area contributed by atoms with Gasteiger partial charge in [-0.25, -0.2) is 27.4 Å². The van der Waals surface area contributed by atoms with Crippen LogP contribution in [0.2, 0.25) is 0 Å². The summed E-state index contributed by atoms with van der Waals surface area (Å²) >= 11 is 0. The molecule has 3 heterocycles. The lowest BCUT2D eigenvalue weighted by Gasteiger charge is -2.02. The lowest BCUT2D eigenvalue weighted by molar-refractivity contribution is -0.688. The molecule has 0 fully saturated rings. The van der Waals surface area contributed by atoms with E-state index in [0.717, 1.165) is 44.8 Å². The fraction of sp³-hybridized carbons (Fsp3) is 0.325.